The monoisotopic (exact) mass is 380 g/mol. The van der Waals surface area contributed by atoms with E-state index >= 15 is 0 Å². The van der Waals surface area contributed by atoms with E-state index < -0.39 is 0 Å². The molecule has 0 radical (unpaired) electrons. The zero-order valence-corrected chi connectivity index (χ0v) is 18.4. The molecule has 0 N–H and O–H groups in total. The fourth-order valence-corrected chi connectivity index (χ4v) is 5.74. The van der Waals surface area contributed by atoms with E-state index in [1.165, 1.54) is 57.4 Å². The Morgan fingerprint density at radius 3 is 2.24 bits per heavy atom. The second-order valence-electron chi connectivity index (χ2n) is 10.4. The van der Waals surface area contributed by atoms with E-state index in [0.717, 1.165) is 0 Å². The van der Waals surface area contributed by atoms with Crippen LogP contribution in [0.2, 0.25) is 0 Å². The van der Waals surface area contributed by atoms with Crippen LogP contribution in [-0.4, -0.2) is 0 Å². The summed E-state index contributed by atoms with van der Waals surface area (Å²) in [5, 5.41) is 0. The third-order valence-corrected chi connectivity index (χ3v) is 7.13. The van der Waals surface area contributed by atoms with Crippen molar-refractivity contribution >= 4 is 5.57 Å². The van der Waals surface area contributed by atoms with Crippen molar-refractivity contribution in [2.75, 3.05) is 0 Å². The third-order valence-electron chi connectivity index (χ3n) is 7.13. The van der Waals surface area contributed by atoms with E-state index in [-0.39, 0.29) is 5.41 Å². The van der Waals surface area contributed by atoms with Crippen molar-refractivity contribution in [2.24, 2.45) is 17.3 Å². The quantitative estimate of drug-likeness (QED) is 0.499. The molecule has 2 aromatic carbocycles. The van der Waals surface area contributed by atoms with Gasteiger partial charge in [0.1, 0.15) is 0 Å². The Bertz CT molecular complexity index is 1070. The second-order valence-corrected chi connectivity index (χ2v) is 10.4. The van der Waals surface area contributed by atoms with Gasteiger partial charge in [-0.1, -0.05) is 95.3 Å². The van der Waals surface area contributed by atoms with Gasteiger partial charge in [-0.25, -0.2) is 0 Å². The molecule has 2 aromatic rings. The molecule has 0 aliphatic heterocycles. The van der Waals surface area contributed by atoms with Crippen LogP contribution in [0.3, 0.4) is 0 Å². The molecule has 0 spiro atoms. The van der Waals surface area contributed by atoms with Gasteiger partial charge in [0.15, 0.2) is 0 Å². The van der Waals surface area contributed by atoms with Gasteiger partial charge in [0.25, 0.3) is 0 Å². The molecule has 29 heavy (non-hydrogen) atoms. The number of hydrogen-bond acceptors (Lipinski definition) is 0. The maximum absolute atomic E-state index is 2.51. The average molecular weight is 381 g/mol. The van der Waals surface area contributed by atoms with E-state index in [1.54, 1.807) is 0 Å². The van der Waals surface area contributed by atoms with Crippen molar-refractivity contribution in [1.29, 1.82) is 0 Å². The van der Waals surface area contributed by atoms with Crippen molar-refractivity contribution in [3.05, 3.63) is 88.5 Å². The van der Waals surface area contributed by atoms with Gasteiger partial charge < -0.3 is 0 Å². The summed E-state index contributed by atoms with van der Waals surface area (Å²) in [4.78, 5) is 0. The summed E-state index contributed by atoms with van der Waals surface area (Å²) in [6.45, 7) is 11.9. The number of fused-ring (bicyclic) bond motifs is 3. The van der Waals surface area contributed by atoms with Gasteiger partial charge in [0.05, 0.1) is 0 Å². The lowest BCUT2D eigenvalue weighted by molar-refractivity contribution is 0.280. The lowest BCUT2D eigenvalue weighted by Gasteiger charge is -2.44. The zero-order chi connectivity index (χ0) is 20.3. The molecule has 0 heteroatoms. The van der Waals surface area contributed by atoms with Crippen molar-refractivity contribution in [3.63, 3.8) is 0 Å². The number of benzene rings is 2. The zero-order valence-electron chi connectivity index (χ0n) is 18.4. The van der Waals surface area contributed by atoms with Crippen LogP contribution in [0, 0.1) is 17.3 Å². The van der Waals surface area contributed by atoms with Crippen LogP contribution in [0.25, 0.3) is 16.7 Å². The number of aryl methyl sites for hydroxylation is 2. The van der Waals surface area contributed by atoms with Crippen LogP contribution in [0.1, 0.15) is 62.8 Å². The van der Waals surface area contributed by atoms with Crippen LogP contribution in [0.15, 0.2) is 66.3 Å². The summed E-state index contributed by atoms with van der Waals surface area (Å²) >= 11 is 0. The molecule has 0 heterocycles. The highest BCUT2D eigenvalue weighted by atomic mass is 14.4. The van der Waals surface area contributed by atoms with Gasteiger partial charge in [-0.05, 0) is 74.6 Å². The normalized spacial score (nSPS) is 22.3. The second kappa shape index (κ2) is 6.59. The lowest BCUT2D eigenvalue weighted by atomic mass is 9.60. The van der Waals surface area contributed by atoms with E-state index in [0.29, 0.717) is 17.8 Å². The first-order chi connectivity index (χ1) is 13.8. The van der Waals surface area contributed by atoms with Crippen LogP contribution < -0.4 is 0 Å². The molecule has 3 aliphatic carbocycles. The number of allylic oxidation sites excluding steroid dienone is 6. The van der Waals surface area contributed by atoms with E-state index in [9.17, 15) is 0 Å². The molecule has 0 amide bonds. The Morgan fingerprint density at radius 2 is 1.59 bits per heavy atom. The average Bonchev–Trinajstić information content (AvgIpc) is 2.65. The Kier molecular flexibility index (Phi) is 4.24. The SMILES string of the molecule is CC(C)C1=C2C=CC=CC2C(C(C)(C)C)c2cc(-c3ccc4c(c3)CC4)ccc21. The van der Waals surface area contributed by atoms with Crippen LogP contribution >= 0.6 is 0 Å². The molecule has 0 saturated carbocycles. The molecular formula is C29H32. The van der Waals surface area contributed by atoms with Crippen molar-refractivity contribution < 1.29 is 0 Å². The Morgan fingerprint density at radius 1 is 0.862 bits per heavy atom. The van der Waals surface area contributed by atoms with Crippen LogP contribution in [0.4, 0.5) is 0 Å². The van der Waals surface area contributed by atoms with Gasteiger partial charge in [-0.2, -0.15) is 0 Å². The maximum atomic E-state index is 2.51. The first-order valence-corrected chi connectivity index (χ1v) is 11.2. The van der Waals surface area contributed by atoms with Crippen molar-refractivity contribution in [1.82, 2.24) is 0 Å². The molecule has 0 fully saturated rings. The molecule has 2 atom stereocenters. The van der Waals surface area contributed by atoms with E-state index in [2.05, 4.69) is 95.3 Å². The van der Waals surface area contributed by atoms with E-state index in [1.807, 2.05) is 0 Å². The number of hydrogen-bond donors (Lipinski definition) is 0. The fourth-order valence-electron chi connectivity index (χ4n) is 5.74. The van der Waals surface area contributed by atoms with Crippen molar-refractivity contribution in [3.8, 4) is 11.1 Å². The molecule has 0 bridgehead atoms. The number of rotatable bonds is 2. The molecule has 2 unspecified atom stereocenters. The summed E-state index contributed by atoms with van der Waals surface area (Å²) in [6, 6.07) is 14.3. The standard InChI is InChI=1S/C29H32/c1-18(2)27-23-8-6-7-9-25(23)28(29(3,4)5)26-17-22(14-15-24(26)27)21-13-11-19-10-12-20(19)16-21/h6-9,11,13-18,25,28H,10,12H2,1-5H3. The minimum atomic E-state index is 0.196. The minimum Gasteiger partial charge on any atom is -0.0764 e. The molecule has 3 aliphatic rings. The topological polar surface area (TPSA) is 0 Å². The van der Waals surface area contributed by atoms with Gasteiger partial charge in [-0.15, -0.1) is 0 Å². The molecule has 5 rings (SSSR count). The smallest absolute Gasteiger partial charge is 0.00981 e. The molecule has 0 aromatic heterocycles. The Balaban J connectivity index is 1.73. The van der Waals surface area contributed by atoms with Crippen LogP contribution in [-0.2, 0) is 12.8 Å². The van der Waals surface area contributed by atoms with Gasteiger partial charge in [0.2, 0.25) is 0 Å². The van der Waals surface area contributed by atoms with Crippen molar-refractivity contribution in [2.45, 2.75) is 53.4 Å². The van der Waals surface area contributed by atoms with Gasteiger partial charge in [0, 0.05) is 5.92 Å². The fraction of sp³-hybridized carbons (Fsp3) is 0.379. The Hall–Kier alpha value is -2.34. The maximum Gasteiger partial charge on any atom is 0.00981 e. The summed E-state index contributed by atoms with van der Waals surface area (Å²) in [7, 11) is 0. The van der Waals surface area contributed by atoms with Gasteiger partial charge in [-0.3, -0.25) is 0 Å². The minimum absolute atomic E-state index is 0.196. The summed E-state index contributed by atoms with van der Waals surface area (Å²) in [5.41, 5.74) is 12.1. The summed E-state index contributed by atoms with van der Waals surface area (Å²) in [6.07, 6.45) is 11.8. The molecular weight excluding hydrogens is 348 g/mol. The molecule has 0 nitrogen and oxygen atoms in total. The highest BCUT2D eigenvalue weighted by Crippen LogP contribution is 2.54. The largest absolute Gasteiger partial charge is 0.0764 e. The molecule has 0 saturated heterocycles. The summed E-state index contributed by atoms with van der Waals surface area (Å²) in [5.74, 6) is 1.48. The predicted molar refractivity (Wildman–Crippen MR) is 125 cm³/mol. The lowest BCUT2D eigenvalue weighted by Crippen LogP contribution is -2.31. The van der Waals surface area contributed by atoms with Gasteiger partial charge >= 0.3 is 0 Å². The summed E-state index contributed by atoms with van der Waals surface area (Å²) < 4.78 is 0. The first kappa shape index (κ1) is 18.7. The van der Waals surface area contributed by atoms with E-state index in [4.69, 9.17) is 0 Å². The highest BCUT2D eigenvalue weighted by Gasteiger charge is 2.40. The Labute approximate surface area is 176 Å². The molecule has 148 valence electrons. The van der Waals surface area contributed by atoms with Crippen LogP contribution in [0.5, 0.6) is 0 Å². The first-order valence-electron chi connectivity index (χ1n) is 11.2. The highest BCUT2D eigenvalue weighted by molar-refractivity contribution is 5.81. The third kappa shape index (κ3) is 2.96. The predicted octanol–water partition coefficient (Wildman–Crippen LogP) is 7.75.